The lowest BCUT2D eigenvalue weighted by atomic mass is 10.1. The number of aliphatic carboxylic acids is 1. The van der Waals surface area contributed by atoms with Crippen molar-refractivity contribution in [2.24, 2.45) is 5.92 Å². The molecule has 10 heavy (non-hydrogen) atoms. The molecule has 0 amide bonds. The first kappa shape index (κ1) is 7.40. The molecule has 1 heterocycles. The van der Waals surface area contributed by atoms with Gasteiger partial charge in [-0.2, -0.15) is 0 Å². The topological polar surface area (TPSA) is 46.5 Å². The zero-order valence-electron chi connectivity index (χ0n) is 4.96. The van der Waals surface area contributed by atoms with Crippen molar-refractivity contribution in [3.8, 4) is 0 Å². The molecule has 0 aromatic rings. The van der Waals surface area contributed by atoms with E-state index in [0.717, 1.165) is 0 Å². The summed E-state index contributed by atoms with van der Waals surface area (Å²) in [7, 11) is 0. The van der Waals surface area contributed by atoms with Crippen LogP contribution in [0.5, 0.6) is 0 Å². The van der Waals surface area contributed by atoms with Crippen LogP contribution in [0.3, 0.4) is 0 Å². The van der Waals surface area contributed by atoms with E-state index in [1.165, 1.54) is 0 Å². The van der Waals surface area contributed by atoms with Gasteiger partial charge in [-0.3, -0.25) is 4.79 Å². The van der Waals surface area contributed by atoms with Crippen LogP contribution in [0, 0.1) is 5.92 Å². The lowest BCUT2D eigenvalue weighted by Gasteiger charge is -2.03. The predicted molar refractivity (Wildman–Crippen MR) is 26.9 cm³/mol. The summed E-state index contributed by atoms with van der Waals surface area (Å²) in [6.45, 7) is -0.377. The Labute approximate surface area is 55.6 Å². The van der Waals surface area contributed by atoms with E-state index in [9.17, 15) is 13.6 Å². The summed E-state index contributed by atoms with van der Waals surface area (Å²) in [5.41, 5.74) is 0. The Morgan fingerprint density at radius 2 is 2.20 bits per heavy atom. The second-order valence-corrected chi connectivity index (χ2v) is 2.07. The molecule has 1 aliphatic heterocycles. The Bertz CT molecular complexity index is 150. The smallest absolute Gasteiger partial charge is 0.312 e. The van der Waals surface area contributed by atoms with E-state index in [1.54, 1.807) is 0 Å². The van der Waals surface area contributed by atoms with Gasteiger partial charge in [-0.1, -0.05) is 0 Å². The maximum Gasteiger partial charge on any atom is 0.312 e. The molecule has 0 spiro atoms. The van der Waals surface area contributed by atoms with Gasteiger partial charge in [0.05, 0.1) is 6.61 Å². The fourth-order valence-corrected chi connectivity index (χ4v) is 0.770. The zero-order chi connectivity index (χ0) is 7.72. The van der Waals surface area contributed by atoms with E-state index < -0.39 is 24.4 Å². The van der Waals surface area contributed by atoms with Gasteiger partial charge >= 0.3 is 5.97 Å². The molecule has 5 heteroatoms. The third-order valence-electron chi connectivity index (χ3n) is 1.39. The van der Waals surface area contributed by atoms with Crippen LogP contribution in [0.15, 0.2) is 0 Å². The first-order valence-electron chi connectivity index (χ1n) is 2.75. The first-order chi connectivity index (χ1) is 4.63. The van der Waals surface area contributed by atoms with Crippen LogP contribution >= 0.6 is 0 Å². The number of carboxylic acids is 1. The summed E-state index contributed by atoms with van der Waals surface area (Å²) >= 11 is 0. The van der Waals surface area contributed by atoms with E-state index in [1.807, 2.05) is 0 Å². The van der Waals surface area contributed by atoms with Crippen LogP contribution in [0.4, 0.5) is 8.78 Å². The molecular formula is C5H6F2O3. The SMILES string of the molecule is O=C(O)C1COC(F)C1F. The van der Waals surface area contributed by atoms with Gasteiger partial charge in [0.15, 0.2) is 6.17 Å². The molecule has 0 aromatic carbocycles. The minimum atomic E-state index is -2.07. The van der Waals surface area contributed by atoms with Gasteiger partial charge < -0.3 is 9.84 Å². The number of rotatable bonds is 1. The van der Waals surface area contributed by atoms with Gasteiger partial charge in [-0.15, -0.1) is 0 Å². The third-order valence-corrected chi connectivity index (χ3v) is 1.39. The fraction of sp³-hybridized carbons (Fsp3) is 0.800. The molecule has 0 radical (unpaired) electrons. The molecule has 1 saturated heterocycles. The molecule has 0 bridgehead atoms. The quantitative estimate of drug-likeness (QED) is 0.589. The monoisotopic (exact) mass is 152 g/mol. The summed E-state index contributed by atoms with van der Waals surface area (Å²) < 4.78 is 28.5. The van der Waals surface area contributed by atoms with Crippen molar-refractivity contribution in [2.75, 3.05) is 6.61 Å². The summed E-state index contributed by atoms with van der Waals surface area (Å²) in [6, 6.07) is 0. The van der Waals surface area contributed by atoms with Gasteiger partial charge in [0.1, 0.15) is 5.92 Å². The Morgan fingerprint density at radius 1 is 1.60 bits per heavy atom. The van der Waals surface area contributed by atoms with E-state index in [-0.39, 0.29) is 6.61 Å². The van der Waals surface area contributed by atoms with Crippen molar-refractivity contribution in [3.63, 3.8) is 0 Å². The van der Waals surface area contributed by atoms with Crippen molar-refractivity contribution in [1.29, 1.82) is 0 Å². The summed E-state index contributed by atoms with van der Waals surface area (Å²) in [4.78, 5) is 10.1. The van der Waals surface area contributed by atoms with Crippen molar-refractivity contribution < 1.29 is 23.4 Å². The van der Waals surface area contributed by atoms with E-state index >= 15 is 0 Å². The third kappa shape index (κ3) is 1.09. The second-order valence-electron chi connectivity index (χ2n) is 2.07. The Morgan fingerprint density at radius 3 is 2.40 bits per heavy atom. The van der Waals surface area contributed by atoms with Gasteiger partial charge in [0, 0.05) is 0 Å². The average Bonchev–Trinajstić information content (AvgIpc) is 2.14. The standard InChI is InChI=1S/C5H6F2O3/c6-3-2(5(8)9)1-10-4(3)7/h2-4H,1H2,(H,8,9). The summed E-state index contributed by atoms with van der Waals surface area (Å²) in [5, 5.41) is 8.21. The molecule has 0 saturated carbocycles. The molecule has 3 nitrogen and oxygen atoms in total. The molecule has 1 rings (SSSR count). The average molecular weight is 152 g/mol. The largest absolute Gasteiger partial charge is 0.481 e. The number of alkyl halides is 2. The van der Waals surface area contributed by atoms with Gasteiger partial charge in [0.2, 0.25) is 6.36 Å². The summed E-state index contributed by atoms with van der Waals surface area (Å²) in [6.07, 6.45) is -4.08. The minimum Gasteiger partial charge on any atom is -0.481 e. The molecule has 1 fully saturated rings. The number of halogens is 2. The minimum absolute atomic E-state index is 0.377. The molecule has 3 unspecified atom stereocenters. The van der Waals surface area contributed by atoms with E-state index in [4.69, 9.17) is 5.11 Å². The lowest BCUT2D eigenvalue weighted by molar-refractivity contribution is -0.143. The van der Waals surface area contributed by atoms with Gasteiger partial charge in [0.25, 0.3) is 0 Å². The highest BCUT2D eigenvalue weighted by atomic mass is 19.2. The van der Waals surface area contributed by atoms with E-state index in [0.29, 0.717) is 0 Å². The van der Waals surface area contributed by atoms with Crippen LogP contribution in [0.1, 0.15) is 0 Å². The van der Waals surface area contributed by atoms with Crippen LogP contribution in [0.2, 0.25) is 0 Å². The number of hydrogen-bond acceptors (Lipinski definition) is 2. The molecule has 0 aliphatic carbocycles. The normalized spacial score (nSPS) is 40.0. The second kappa shape index (κ2) is 2.49. The van der Waals surface area contributed by atoms with Crippen molar-refractivity contribution >= 4 is 5.97 Å². The zero-order valence-corrected chi connectivity index (χ0v) is 4.96. The number of carboxylic acid groups (broad SMARTS) is 1. The summed E-state index contributed by atoms with van der Waals surface area (Å²) in [5.74, 6) is -2.69. The Balaban J connectivity index is 2.57. The maximum atomic E-state index is 12.4. The van der Waals surface area contributed by atoms with Crippen LogP contribution in [-0.4, -0.2) is 30.2 Å². The van der Waals surface area contributed by atoms with Gasteiger partial charge in [-0.05, 0) is 0 Å². The Hall–Kier alpha value is -0.710. The molecule has 0 aromatic heterocycles. The van der Waals surface area contributed by atoms with Crippen molar-refractivity contribution in [3.05, 3.63) is 0 Å². The van der Waals surface area contributed by atoms with Crippen LogP contribution in [0.25, 0.3) is 0 Å². The fourth-order valence-electron chi connectivity index (χ4n) is 0.770. The molecule has 1 aliphatic rings. The van der Waals surface area contributed by atoms with Gasteiger partial charge in [-0.25, -0.2) is 8.78 Å². The highest BCUT2D eigenvalue weighted by molar-refractivity contribution is 5.71. The molecule has 58 valence electrons. The molecular weight excluding hydrogens is 146 g/mol. The highest BCUT2D eigenvalue weighted by Gasteiger charge is 2.42. The maximum absolute atomic E-state index is 12.4. The van der Waals surface area contributed by atoms with Crippen LogP contribution in [-0.2, 0) is 9.53 Å². The first-order valence-corrected chi connectivity index (χ1v) is 2.75. The Kier molecular flexibility index (Phi) is 1.85. The highest BCUT2D eigenvalue weighted by Crippen LogP contribution is 2.24. The van der Waals surface area contributed by atoms with Crippen LogP contribution < -0.4 is 0 Å². The lowest BCUT2D eigenvalue weighted by Crippen LogP contribution is -2.25. The number of hydrogen-bond donors (Lipinski definition) is 1. The molecule has 1 N–H and O–H groups in total. The van der Waals surface area contributed by atoms with Crippen molar-refractivity contribution in [2.45, 2.75) is 12.5 Å². The van der Waals surface area contributed by atoms with E-state index in [2.05, 4.69) is 4.74 Å². The van der Waals surface area contributed by atoms with Crippen molar-refractivity contribution in [1.82, 2.24) is 0 Å². The predicted octanol–water partition coefficient (Wildman–Crippen LogP) is 0.351. The molecule has 3 atom stereocenters. The number of ether oxygens (including phenoxy) is 1. The number of carbonyl (C=O) groups is 1.